The van der Waals surface area contributed by atoms with E-state index in [0.717, 1.165) is 29.0 Å². The molecular weight excluding hydrogens is 498 g/mol. The first kappa shape index (κ1) is 25.1. The summed E-state index contributed by atoms with van der Waals surface area (Å²) in [5, 5.41) is 2.19. The molecule has 2 aromatic rings. The molecule has 5 rings (SSSR count). The van der Waals surface area contributed by atoms with Crippen LogP contribution in [0, 0.1) is 12.8 Å². The Morgan fingerprint density at radius 2 is 1.65 bits per heavy atom. The van der Waals surface area contributed by atoms with Crippen molar-refractivity contribution >= 4 is 39.4 Å². The molecule has 1 unspecified atom stereocenters. The molecule has 3 heterocycles. The van der Waals surface area contributed by atoms with E-state index in [1.165, 1.54) is 6.07 Å². The molecule has 0 bridgehead atoms. The van der Waals surface area contributed by atoms with Crippen LogP contribution in [0.2, 0.25) is 0 Å². The van der Waals surface area contributed by atoms with Gasteiger partial charge in [0.15, 0.2) is 0 Å². The largest absolute Gasteiger partial charge is 0.371 e. The molecule has 0 saturated carbocycles. The number of piperidine rings is 2. The Morgan fingerprint density at radius 3 is 2.32 bits per heavy atom. The predicted octanol–water partition coefficient (Wildman–Crippen LogP) is 2.10. The molecule has 3 aliphatic heterocycles. The second-order valence-electron chi connectivity index (χ2n) is 9.90. The molecule has 10 nitrogen and oxygen atoms in total. The number of carbonyl (C=O) groups is 4. The van der Waals surface area contributed by atoms with Crippen LogP contribution in [0.25, 0.3) is 0 Å². The van der Waals surface area contributed by atoms with Gasteiger partial charge in [-0.1, -0.05) is 17.7 Å². The van der Waals surface area contributed by atoms with Gasteiger partial charge in [0.2, 0.25) is 11.8 Å². The number of amides is 4. The number of benzene rings is 2. The summed E-state index contributed by atoms with van der Waals surface area (Å²) < 4.78 is 33.2. The number of anilines is 1. The minimum Gasteiger partial charge on any atom is -0.371 e. The summed E-state index contributed by atoms with van der Waals surface area (Å²) in [6.45, 7) is 3.23. The van der Waals surface area contributed by atoms with E-state index in [4.69, 9.17) is 0 Å². The van der Waals surface area contributed by atoms with Gasteiger partial charge in [-0.3, -0.25) is 33.9 Å². The summed E-state index contributed by atoms with van der Waals surface area (Å²) in [7, 11) is -4.30. The third-order valence-electron chi connectivity index (χ3n) is 7.41. The lowest BCUT2D eigenvalue weighted by atomic mass is 9.89. The molecule has 2 aromatic carbocycles. The molecule has 2 N–H and O–H groups in total. The van der Waals surface area contributed by atoms with Gasteiger partial charge in [0.05, 0.1) is 16.0 Å². The van der Waals surface area contributed by atoms with Crippen LogP contribution in [0.3, 0.4) is 0 Å². The normalized spacial score (nSPS) is 20.9. The first-order valence-electron chi connectivity index (χ1n) is 12.2. The molecule has 1 atom stereocenters. The van der Waals surface area contributed by atoms with Gasteiger partial charge in [-0.15, -0.1) is 0 Å². The molecule has 2 fully saturated rings. The second kappa shape index (κ2) is 9.38. The van der Waals surface area contributed by atoms with Gasteiger partial charge in [0, 0.05) is 25.2 Å². The van der Waals surface area contributed by atoms with Gasteiger partial charge in [-0.25, -0.2) is 0 Å². The van der Waals surface area contributed by atoms with E-state index >= 15 is 0 Å². The van der Waals surface area contributed by atoms with Crippen LogP contribution in [0.15, 0.2) is 41.3 Å². The van der Waals surface area contributed by atoms with Crippen LogP contribution < -0.4 is 10.2 Å². The fourth-order valence-electron chi connectivity index (χ4n) is 5.48. The highest BCUT2D eigenvalue weighted by atomic mass is 32.2. The zero-order valence-electron chi connectivity index (χ0n) is 20.3. The third kappa shape index (κ3) is 4.76. The molecular formula is C26H27N3O7S. The fourth-order valence-corrected chi connectivity index (χ4v) is 6.19. The minimum atomic E-state index is -4.30. The van der Waals surface area contributed by atoms with Crippen molar-refractivity contribution in [3.63, 3.8) is 0 Å². The summed E-state index contributed by atoms with van der Waals surface area (Å²) in [6.07, 6.45) is 2.27. The van der Waals surface area contributed by atoms with E-state index in [2.05, 4.69) is 10.2 Å². The highest BCUT2D eigenvalue weighted by molar-refractivity contribution is 7.85. The van der Waals surface area contributed by atoms with Gasteiger partial charge in [-0.05, 0) is 68.4 Å². The number of imide groups is 2. The van der Waals surface area contributed by atoms with Gasteiger partial charge >= 0.3 is 0 Å². The number of rotatable bonds is 5. The Bertz CT molecular complexity index is 1430. The van der Waals surface area contributed by atoms with Crippen LogP contribution >= 0.6 is 0 Å². The number of hydrogen-bond donors (Lipinski definition) is 2. The van der Waals surface area contributed by atoms with Gasteiger partial charge in [0.1, 0.15) is 6.04 Å². The summed E-state index contributed by atoms with van der Waals surface area (Å²) in [6, 6.07) is 8.97. The molecule has 194 valence electrons. The Labute approximate surface area is 214 Å². The Morgan fingerprint density at radius 1 is 0.946 bits per heavy atom. The van der Waals surface area contributed by atoms with Crippen molar-refractivity contribution in [2.45, 2.75) is 50.0 Å². The van der Waals surface area contributed by atoms with Gasteiger partial charge in [-0.2, -0.15) is 8.42 Å². The fraction of sp³-hybridized carbons (Fsp3) is 0.385. The summed E-state index contributed by atoms with van der Waals surface area (Å²) in [5.41, 5.74) is 2.80. The van der Waals surface area contributed by atoms with Crippen LogP contribution in [0.4, 0.5) is 5.69 Å². The number of aryl methyl sites for hydroxylation is 1. The molecule has 3 aliphatic rings. The number of nitrogens with one attached hydrogen (secondary N) is 1. The van der Waals surface area contributed by atoms with E-state index in [1.54, 1.807) is 30.3 Å². The monoisotopic (exact) mass is 525 g/mol. The summed E-state index contributed by atoms with van der Waals surface area (Å²) in [4.78, 5) is 52.8. The van der Waals surface area contributed by atoms with E-state index in [-0.39, 0.29) is 34.8 Å². The first-order chi connectivity index (χ1) is 17.5. The van der Waals surface area contributed by atoms with Crippen LogP contribution in [0.5, 0.6) is 0 Å². The van der Waals surface area contributed by atoms with Crippen molar-refractivity contribution in [3.05, 3.63) is 58.7 Å². The molecule has 0 aromatic heterocycles. The zero-order chi connectivity index (χ0) is 26.5. The quantitative estimate of drug-likeness (QED) is 0.447. The number of hydrogen-bond acceptors (Lipinski definition) is 7. The standard InChI is InChI=1S/C26H27N3O7S/c1-15-2-6-22(37(34,35)36)17(12-15)13-16-8-10-28(11-9-16)18-3-4-19-20(14-18)26(33)29(25(19)32)21-5-7-23(30)27-24(21)31/h2-4,6,12,14,16,21H,5,7-11,13H2,1H3,(H,27,30,31)(H,34,35,36). The maximum absolute atomic E-state index is 13.1. The van der Waals surface area contributed by atoms with Crippen molar-refractivity contribution in [3.8, 4) is 0 Å². The van der Waals surface area contributed by atoms with E-state index in [1.807, 2.05) is 6.92 Å². The molecule has 0 aliphatic carbocycles. The van der Waals surface area contributed by atoms with Gasteiger partial charge in [0.25, 0.3) is 21.9 Å². The highest BCUT2D eigenvalue weighted by Gasteiger charge is 2.44. The van der Waals surface area contributed by atoms with E-state index < -0.39 is 39.8 Å². The second-order valence-corrected chi connectivity index (χ2v) is 11.3. The molecule has 37 heavy (non-hydrogen) atoms. The van der Waals surface area contributed by atoms with Crippen molar-refractivity contribution in [1.29, 1.82) is 0 Å². The number of fused-ring (bicyclic) bond motifs is 1. The average molecular weight is 526 g/mol. The average Bonchev–Trinajstić information content (AvgIpc) is 3.08. The molecule has 0 radical (unpaired) electrons. The highest BCUT2D eigenvalue weighted by Crippen LogP contribution is 2.33. The van der Waals surface area contributed by atoms with Gasteiger partial charge < -0.3 is 4.90 Å². The maximum atomic E-state index is 13.1. The molecule has 4 amide bonds. The lowest BCUT2D eigenvalue weighted by Gasteiger charge is -2.34. The smallest absolute Gasteiger partial charge is 0.294 e. The van der Waals surface area contributed by atoms with Crippen molar-refractivity contribution < 1.29 is 32.1 Å². The minimum absolute atomic E-state index is 0.0529. The van der Waals surface area contributed by atoms with Crippen LogP contribution in [-0.4, -0.2) is 60.6 Å². The topological polar surface area (TPSA) is 141 Å². The van der Waals surface area contributed by atoms with E-state index in [0.29, 0.717) is 25.1 Å². The third-order valence-corrected chi connectivity index (χ3v) is 8.36. The Hall–Kier alpha value is -3.57. The lowest BCUT2D eigenvalue weighted by molar-refractivity contribution is -0.136. The van der Waals surface area contributed by atoms with Crippen LogP contribution in [-0.2, 0) is 26.1 Å². The first-order valence-corrected chi connectivity index (χ1v) is 13.6. The van der Waals surface area contributed by atoms with Crippen molar-refractivity contribution in [1.82, 2.24) is 10.2 Å². The summed E-state index contributed by atoms with van der Waals surface area (Å²) >= 11 is 0. The van der Waals surface area contributed by atoms with Crippen molar-refractivity contribution in [2.75, 3.05) is 18.0 Å². The maximum Gasteiger partial charge on any atom is 0.294 e. The Kier molecular flexibility index (Phi) is 6.36. The van der Waals surface area contributed by atoms with Crippen molar-refractivity contribution in [2.24, 2.45) is 5.92 Å². The molecule has 2 saturated heterocycles. The molecule has 0 spiro atoms. The SMILES string of the molecule is Cc1ccc(S(=O)(=O)O)c(CC2CCN(c3ccc4c(c3)C(=O)N(C3CCC(=O)NC3=O)C4=O)CC2)c1. The predicted molar refractivity (Wildman–Crippen MR) is 133 cm³/mol. The Balaban J connectivity index is 1.28. The van der Waals surface area contributed by atoms with Crippen LogP contribution in [0.1, 0.15) is 57.5 Å². The van der Waals surface area contributed by atoms with E-state index in [9.17, 15) is 32.1 Å². The molecule has 11 heteroatoms. The zero-order valence-corrected chi connectivity index (χ0v) is 21.1. The summed E-state index contributed by atoms with van der Waals surface area (Å²) in [5.74, 6) is -1.91. The number of nitrogens with zero attached hydrogens (tertiary/aromatic N) is 2. The number of carbonyl (C=O) groups excluding carboxylic acids is 4. The lowest BCUT2D eigenvalue weighted by Crippen LogP contribution is -2.54.